The second kappa shape index (κ2) is 20.2. The summed E-state index contributed by atoms with van der Waals surface area (Å²) in [6, 6.07) is 25.6. The van der Waals surface area contributed by atoms with Crippen LogP contribution >= 0.6 is 0 Å². The third-order valence-electron chi connectivity index (χ3n) is 5.68. The number of ether oxygens (including phenoxy) is 8. The van der Waals surface area contributed by atoms with E-state index in [-0.39, 0.29) is 39.6 Å². The van der Waals surface area contributed by atoms with Crippen LogP contribution in [0.15, 0.2) is 110 Å². The van der Waals surface area contributed by atoms with Gasteiger partial charge in [-0.1, -0.05) is 49.6 Å². The molecule has 0 radical (unpaired) electrons. The minimum absolute atomic E-state index is 0.141. The first-order valence-electron chi connectivity index (χ1n) is 14.1. The van der Waals surface area contributed by atoms with E-state index >= 15 is 0 Å². The van der Waals surface area contributed by atoms with Gasteiger partial charge in [0.25, 0.3) is 0 Å². The predicted molar refractivity (Wildman–Crippen MR) is 163 cm³/mol. The molecule has 10 nitrogen and oxygen atoms in total. The summed E-state index contributed by atoms with van der Waals surface area (Å²) < 4.78 is 44.7. The van der Waals surface area contributed by atoms with Gasteiger partial charge in [0.2, 0.25) is 0 Å². The molecule has 0 aliphatic heterocycles. The largest absolute Gasteiger partial charge is 0.491 e. The topological polar surface area (TPSA) is 108 Å². The lowest BCUT2D eigenvalue weighted by Crippen LogP contribution is -2.30. The van der Waals surface area contributed by atoms with Gasteiger partial charge in [0.1, 0.15) is 49.4 Å². The van der Waals surface area contributed by atoms with E-state index in [4.69, 9.17) is 37.9 Å². The highest BCUT2D eigenvalue weighted by Gasteiger charge is 2.16. The van der Waals surface area contributed by atoms with Gasteiger partial charge in [0, 0.05) is 12.2 Å². The van der Waals surface area contributed by atoms with Crippen LogP contribution in [0.2, 0.25) is 0 Å². The molecule has 0 saturated heterocycles. The Hall–Kier alpha value is -4.80. The van der Waals surface area contributed by atoms with Crippen LogP contribution in [0.4, 0.5) is 0 Å². The van der Waals surface area contributed by atoms with Crippen molar-refractivity contribution in [1.82, 2.24) is 0 Å². The number of esters is 2. The summed E-state index contributed by atoms with van der Waals surface area (Å²) in [6.45, 7) is 8.56. The molecule has 0 heterocycles. The molecule has 3 aromatic rings. The van der Waals surface area contributed by atoms with E-state index in [9.17, 15) is 9.59 Å². The summed E-state index contributed by atoms with van der Waals surface area (Å²) in [6.07, 6.45) is 0.998. The Morgan fingerprint density at radius 1 is 0.500 bits per heavy atom. The maximum absolute atomic E-state index is 11.7. The van der Waals surface area contributed by atoms with Crippen molar-refractivity contribution in [2.24, 2.45) is 0 Å². The van der Waals surface area contributed by atoms with Crippen molar-refractivity contribution in [3.63, 3.8) is 0 Å². The fourth-order valence-electron chi connectivity index (χ4n) is 3.57. The fourth-order valence-corrected chi connectivity index (χ4v) is 3.57. The van der Waals surface area contributed by atoms with E-state index in [1.54, 1.807) is 24.3 Å². The number of carbonyl (C=O) groups excluding carboxylic acids is 2. The van der Waals surface area contributed by atoms with E-state index in [2.05, 4.69) is 13.2 Å². The standard InChI is InChI=1S/C34H38O10/c1-3-33(35)43-31(25-41-27-11-7-5-8-12-27)23-37-19-21-39-29-15-17-30(18-16-29)40-22-20-38-24-32(44-34(36)4-2)26-42-28-13-9-6-10-14-28/h3-18,31-32H,1-2,19-26H2. The molecule has 0 N–H and O–H groups in total. The van der Waals surface area contributed by atoms with Gasteiger partial charge >= 0.3 is 11.9 Å². The zero-order chi connectivity index (χ0) is 31.2. The molecule has 3 rings (SSSR count). The van der Waals surface area contributed by atoms with Gasteiger partial charge in [0.15, 0.2) is 12.2 Å². The monoisotopic (exact) mass is 606 g/mol. The lowest BCUT2D eigenvalue weighted by Gasteiger charge is -2.18. The molecule has 0 spiro atoms. The van der Waals surface area contributed by atoms with Gasteiger partial charge in [-0.05, 0) is 48.5 Å². The molecule has 2 unspecified atom stereocenters. The van der Waals surface area contributed by atoms with E-state index in [0.29, 0.717) is 36.2 Å². The van der Waals surface area contributed by atoms with Gasteiger partial charge in [-0.2, -0.15) is 0 Å². The second-order valence-electron chi connectivity index (χ2n) is 9.09. The summed E-state index contributed by atoms with van der Waals surface area (Å²) >= 11 is 0. The summed E-state index contributed by atoms with van der Waals surface area (Å²) in [5, 5.41) is 0. The molecule has 0 amide bonds. The first kappa shape index (κ1) is 33.7. The number of benzene rings is 3. The second-order valence-corrected chi connectivity index (χ2v) is 9.09. The normalized spacial score (nSPS) is 11.8. The first-order valence-corrected chi connectivity index (χ1v) is 14.1. The van der Waals surface area contributed by atoms with Crippen LogP contribution < -0.4 is 18.9 Å². The minimum atomic E-state index is -0.600. The summed E-state index contributed by atoms with van der Waals surface area (Å²) in [5.41, 5.74) is 0. The molecule has 44 heavy (non-hydrogen) atoms. The highest BCUT2D eigenvalue weighted by atomic mass is 16.6. The Labute approximate surface area is 257 Å². The van der Waals surface area contributed by atoms with E-state index < -0.39 is 24.1 Å². The van der Waals surface area contributed by atoms with E-state index in [1.807, 2.05) is 60.7 Å². The lowest BCUT2D eigenvalue weighted by molar-refractivity contribution is -0.149. The van der Waals surface area contributed by atoms with Crippen molar-refractivity contribution in [2.45, 2.75) is 12.2 Å². The number of carbonyl (C=O) groups is 2. The van der Waals surface area contributed by atoms with Crippen LogP contribution in [-0.4, -0.2) is 77.0 Å². The SMILES string of the molecule is C=CC(=O)OC(COCCOc1ccc(OCCOCC(COc2ccccc2)OC(=O)C=C)cc1)COc1ccccc1. The zero-order valence-electron chi connectivity index (χ0n) is 24.5. The maximum atomic E-state index is 11.7. The van der Waals surface area contributed by atoms with Crippen LogP contribution in [0.5, 0.6) is 23.0 Å². The Balaban J connectivity index is 1.30. The highest BCUT2D eigenvalue weighted by molar-refractivity contribution is 5.81. The molecular formula is C34H38O10. The van der Waals surface area contributed by atoms with Crippen LogP contribution in [0.3, 0.4) is 0 Å². The van der Waals surface area contributed by atoms with Gasteiger partial charge in [-0.25, -0.2) is 9.59 Å². The summed E-state index contributed by atoms with van der Waals surface area (Å²) in [4.78, 5) is 23.3. The minimum Gasteiger partial charge on any atom is -0.491 e. The van der Waals surface area contributed by atoms with Crippen molar-refractivity contribution in [3.8, 4) is 23.0 Å². The maximum Gasteiger partial charge on any atom is 0.330 e. The van der Waals surface area contributed by atoms with Crippen molar-refractivity contribution < 1.29 is 47.5 Å². The number of hydrogen-bond donors (Lipinski definition) is 0. The quantitative estimate of drug-likeness (QED) is 0.0897. The van der Waals surface area contributed by atoms with Gasteiger partial charge in [0.05, 0.1) is 26.4 Å². The van der Waals surface area contributed by atoms with Crippen molar-refractivity contribution in [3.05, 3.63) is 110 Å². The predicted octanol–water partition coefficient (Wildman–Crippen LogP) is 4.83. The van der Waals surface area contributed by atoms with Crippen LogP contribution in [0.1, 0.15) is 0 Å². The molecule has 0 fully saturated rings. The third kappa shape index (κ3) is 13.9. The average Bonchev–Trinajstić information content (AvgIpc) is 3.06. The number of hydrogen-bond acceptors (Lipinski definition) is 10. The smallest absolute Gasteiger partial charge is 0.330 e. The molecule has 0 aliphatic carbocycles. The molecule has 10 heteroatoms. The third-order valence-corrected chi connectivity index (χ3v) is 5.68. The fraction of sp³-hybridized carbons (Fsp3) is 0.294. The molecule has 234 valence electrons. The number of rotatable bonds is 22. The van der Waals surface area contributed by atoms with Gasteiger partial charge < -0.3 is 37.9 Å². The molecule has 3 aromatic carbocycles. The molecule has 0 aromatic heterocycles. The van der Waals surface area contributed by atoms with Gasteiger partial charge in [-0.3, -0.25) is 0 Å². The lowest BCUT2D eigenvalue weighted by atomic mass is 10.3. The zero-order valence-corrected chi connectivity index (χ0v) is 24.5. The highest BCUT2D eigenvalue weighted by Crippen LogP contribution is 2.18. The molecule has 2 atom stereocenters. The van der Waals surface area contributed by atoms with Crippen molar-refractivity contribution in [1.29, 1.82) is 0 Å². The Morgan fingerprint density at radius 2 is 0.864 bits per heavy atom. The van der Waals surface area contributed by atoms with Crippen LogP contribution in [-0.2, 0) is 28.5 Å². The molecular weight excluding hydrogens is 568 g/mol. The average molecular weight is 607 g/mol. The molecule has 0 bridgehead atoms. The Morgan fingerprint density at radius 3 is 1.23 bits per heavy atom. The van der Waals surface area contributed by atoms with Crippen LogP contribution in [0, 0.1) is 0 Å². The van der Waals surface area contributed by atoms with E-state index in [0.717, 1.165) is 12.2 Å². The van der Waals surface area contributed by atoms with Crippen molar-refractivity contribution in [2.75, 3.05) is 52.9 Å². The first-order chi connectivity index (χ1) is 21.6. The molecule has 0 saturated carbocycles. The summed E-state index contributed by atoms with van der Waals surface area (Å²) in [7, 11) is 0. The molecule has 0 aliphatic rings. The summed E-state index contributed by atoms with van der Waals surface area (Å²) in [5.74, 6) is 1.52. The number of para-hydroxylation sites is 2. The Bertz CT molecular complexity index is 1150. The Kier molecular flexibility index (Phi) is 15.4. The van der Waals surface area contributed by atoms with Gasteiger partial charge in [-0.15, -0.1) is 0 Å². The van der Waals surface area contributed by atoms with Crippen molar-refractivity contribution >= 4 is 11.9 Å². The van der Waals surface area contributed by atoms with Crippen LogP contribution in [0.25, 0.3) is 0 Å². The van der Waals surface area contributed by atoms with E-state index in [1.165, 1.54) is 0 Å².